The summed E-state index contributed by atoms with van der Waals surface area (Å²) in [5.74, 6) is -1.93. The summed E-state index contributed by atoms with van der Waals surface area (Å²) in [6.07, 6.45) is 0. The number of halogens is 2. The maximum absolute atomic E-state index is 13.2. The lowest BCUT2D eigenvalue weighted by Crippen LogP contribution is -2.10. The van der Waals surface area contributed by atoms with Gasteiger partial charge in [-0.25, -0.2) is 14.2 Å². The van der Waals surface area contributed by atoms with Crippen molar-refractivity contribution < 1.29 is 18.7 Å². The van der Waals surface area contributed by atoms with Gasteiger partial charge >= 0.3 is 5.97 Å². The number of rotatable bonds is 2. The SMILES string of the molecule is COC(=O)c1nc(Cl)c(F)c(N)c1OC. The Morgan fingerprint density at radius 3 is 2.60 bits per heavy atom. The number of carbonyl (C=O) groups excluding carboxylic acids is 1. The van der Waals surface area contributed by atoms with Crippen LogP contribution in [0.2, 0.25) is 5.15 Å². The third kappa shape index (κ3) is 1.94. The van der Waals surface area contributed by atoms with Gasteiger partial charge in [-0.3, -0.25) is 0 Å². The van der Waals surface area contributed by atoms with Gasteiger partial charge in [0.15, 0.2) is 22.4 Å². The first kappa shape index (κ1) is 11.5. The molecule has 0 unspecified atom stereocenters. The molecule has 0 aliphatic heterocycles. The molecule has 0 spiro atoms. The molecule has 0 radical (unpaired) electrons. The molecule has 82 valence electrons. The molecule has 0 saturated heterocycles. The van der Waals surface area contributed by atoms with Crippen LogP contribution in [0.15, 0.2) is 0 Å². The summed E-state index contributed by atoms with van der Waals surface area (Å²) in [7, 11) is 2.38. The Morgan fingerprint density at radius 1 is 1.53 bits per heavy atom. The van der Waals surface area contributed by atoms with Gasteiger partial charge in [0.25, 0.3) is 0 Å². The van der Waals surface area contributed by atoms with Crippen molar-refractivity contribution in [1.29, 1.82) is 0 Å². The highest BCUT2D eigenvalue weighted by Crippen LogP contribution is 2.31. The maximum Gasteiger partial charge on any atom is 0.360 e. The van der Waals surface area contributed by atoms with E-state index in [0.717, 1.165) is 7.11 Å². The van der Waals surface area contributed by atoms with Crippen molar-refractivity contribution in [2.45, 2.75) is 0 Å². The number of aromatic nitrogens is 1. The molecule has 0 atom stereocenters. The van der Waals surface area contributed by atoms with E-state index in [1.807, 2.05) is 0 Å². The zero-order valence-corrected chi connectivity index (χ0v) is 8.76. The molecule has 1 rings (SSSR count). The average molecular weight is 235 g/mol. The van der Waals surface area contributed by atoms with E-state index >= 15 is 0 Å². The fourth-order valence-corrected chi connectivity index (χ4v) is 1.16. The second kappa shape index (κ2) is 4.31. The minimum Gasteiger partial charge on any atom is -0.492 e. The molecule has 0 aromatic carbocycles. The molecular weight excluding hydrogens is 227 g/mol. The highest BCUT2D eigenvalue weighted by Gasteiger charge is 2.22. The number of hydrogen-bond donors (Lipinski definition) is 1. The number of anilines is 1. The summed E-state index contributed by atoms with van der Waals surface area (Å²) in [6.45, 7) is 0. The van der Waals surface area contributed by atoms with Crippen LogP contribution in [0.1, 0.15) is 10.5 Å². The van der Waals surface area contributed by atoms with Crippen LogP contribution in [0.25, 0.3) is 0 Å². The fraction of sp³-hybridized carbons (Fsp3) is 0.250. The second-order valence-electron chi connectivity index (χ2n) is 2.50. The van der Waals surface area contributed by atoms with Gasteiger partial charge in [0.05, 0.1) is 14.2 Å². The Bertz CT molecular complexity index is 411. The summed E-state index contributed by atoms with van der Waals surface area (Å²) in [5, 5.41) is -0.506. The van der Waals surface area contributed by atoms with E-state index in [-0.39, 0.29) is 17.1 Å². The average Bonchev–Trinajstić information content (AvgIpc) is 2.24. The van der Waals surface area contributed by atoms with Gasteiger partial charge in [0.2, 0.25) is 0 Å². The van der Waals surface area contributed by atoms with E-state index in [9.17, 15) is 9.18 Å². The van der Waals surface area contributed by atoms with Crippen LogP contribution in [0.3, 0.4) is 0 Å². The Morgan fingerprint density at radius 2 is 2.13 bits per heavy atom. The third-order valence-electron chi connectivity index (χ3n) is 1.67. The van der Waals surface area contributed by atoms with Crippen molar-refractivity contribution >= 4 is 23.3 Å². The summed E-state index contributed by atoms with van der Waals surface area (Å²) in [6, 6.07) is 0. The topological polar surface area (TPSA) is 74.4 Å². The molecule has 0 fully saturated rings. The van der Waals surface area contributed by atoms with Crippen molar-refractivity contribution in [2.24, 2.45) is 0 Å². The highest BCUT2D eigenvalue weighted by atomic mass is 35.5. The van der Waals surface area contributed by atoms with E-state index in [1.165, 1.54) is 7.11 Å². The lowest BCUT2D eigenvalue weighted by Gasteiger charge is -2.09. The van der Waals surface area contributed by atoms with E-state index in [2.05, 4.69) is 9.72 Å². The first-order valence-corrected chi connectivity index (χ1v) is 4.17. The van der Waals surface area contributed by atoms with E-state index < -0.39 is 16.9 Å². The lowest BCUT2D eigenvalue weighted by molar-refractivity contribution is 0.0590. The summed E-state index contributed by atoms with van der Waals surface area (Å²) in [5.41, 5.74) is 4.72. The predicted molar refractivity (Wildman–Crippen MR) is 51.5 cm³/mol. The van der Waals surface area contributed by atoms with E-state index in [0.29, 0.717) is 0 Å². The van der Waals surface area contributed by atoms with E-state index in [1.54, 1.807) is 0 Å². The third-order valence-corrected chi connectivity index (χ3v) is 1.92. The Balaban J connectivity index is 3.45. The zero-order chi connectivity index (χ0) is 11.6. The molecule has 0 amide bonds. The minimum atomic E-state index is -0.929. The van der Waals surface area contributed by atoms with Gasteiger partial charge in [0, 0.05) is 0 Å². The highest BCUT2D eigenvalue weighted by molar-refractivity contribution is 6.30. The molecule has 1 aromatic heterocycles. The molecule has 15 heavy (non-hydrogen) atoms. The Labute approximate surface area is 89.9 Å². The van der Waals surface area contributed by atoms with Crippen molar-refractivity contribution in [3.05, 3.63) is 16.7 Å². The van der Waals surface area contributed by atoms with Gasteiger partial charge in [-0.2, -0.15) is 0 Å². The number of nitrogens with zero attached hydrogens (tertiary/aromatic N) is 1. The van der Waals surface area contributed by atoms with Crippen LogP contribution in [-0.2, 0) is 4.74 Å². The normalized spacial score (nSPS) is 9.87. The Hall–Kier alpha value is -1.56. The molecular formula is C8H8ClFN2O3. The molecule has 0 saturated carbocycles. The van der Waals surface area contributed by atoms with Crippen LogP contribution in [0, 0.1) is 5.82 Å². The molecule has 1 heterocycles. The number of carbonyl (C=O) groups is 1. The van der Waals surface area contributed by atoms with Crippen LogP contribution < -0.4 is 10.5 Å². The second-order valence-corrected chi connectivity index (χ2v) is 2.86. The number of nitrogen functional groups attached to an aromatic ring is 1. The van der Waals surface area contributed by atoms with Crippen molar-refractivity contribution in [3.63, 3.8) is 0 Å². The molecule has 0 bridgehead atoms. The van der Waals surface area contributed by atoms with Gasteiger partial charge < -0.3 is 15.2 Å². The van der Waals surface area contributed by atoms with Crippen LogP contribution in [0.4, 0.5) is 10.1 Å². The first-order valence-electron chi connectivity index (χ1n) is 3.79. The number of ether oxygens (including phenoxy) is 2. The summed E-state index contributed by atoms with van der Waals surface area (Å²) in [4.78, 5) is 14.7. The smallest absolute Gasteiger partial charge is 0.360 e. The molecule has 7 heteroatoms. The lowest BCUT2D eigenvalue weighted by atomic mass is 10.3. The monoisotopic (exact) mass is 234 g/mol. The number of nitrogens with two attached hydrogens (primary N) is 1. The maximum atomic E-state index is 13.2. The van der Waals surface area contributed by atoms with Gasteiger partial charge in [-0.05, 0) is 0 Å². The predicted octanol–water partition coefficient (Wildman–Crippen LogP) is 1.25. The molecule has 5 nitrogen and oxygen atoms in total. The zero-order valence-electron chi connectivity index (χ0n) is 8.01. The van der Waals surface area contributed by atoms with Crippen LogP contribution >= 0.6 is 11.6 Å². The van der Waals surface area contributed by atoms with Crippen LogP contribution in [-0.4, -0.2) is 25.2 Å². The fourth-order valence-electron chi connectivity index (χ4n) is 0.978. The molecule has 0 aliphatic carbocycles. The largest absolute Gasteiger partial charge is 0.492 e. The quantitative estimate of drug-likeness (QED) is 0.616. The van der Waals surface area contributed by atoms with Gasteiger partial charge in [0.1, 0.15) is 5.69 Å². The first-order chi connectivity index (χ1) is 7.02. The minimum absolute atomic E-state index is 0.191. The summed E-state index contributed by atoms with van der Waals surface area (Å²) < 4.78 is 22.3. The van der Waals surface area contributed by atoms with Crippen LogP contribution in [0.5, 0.6) is 5.75 Å². The summed E-state index contributed by atoms with van der Waals surface area (Å²) >= 11 is 5.42. The van der Waals surface area contributed by atoms with E-state index in [4.69, 9.17) is 22.1 Å². The molecule has 2 N–H and O–H groups in total. The molecule has 1 aromatic rings. The molecule has 0 aliphatic rings. The van der Waals surface area contributed by atoms with Gasteiger partial charge in [-0.1, -0.05) is 11.6 Å². The number of methoxy groups -OCH3 is 2. The number of pyridine rings is 1. The Kier molecular flexibility index (Phi) is 3.31. The number of esters is 1. The standard InChI is InChI=1S/C8H8ClFN2O3/c1-14-6-4(11)3(10)7(9)12-5(6)8(13)15-2/h1-2H3,(H2,11,12). The van der Waals surface area contributed by atoms with Crippen molar-refractivity contribution in [1.82, 2.24) is 4.98 Å². The number of hydrogen-bond acceptors (Lipinski definition) is 5. The van der Waals surface area contributed by atoms with Crippen molar-refractivity contribution in [3.8, 4) is 5.75 Å². The van der Waals surface area contributed by atoms with Gasteiger partial charge in [-0.15, -0.1) is 0 Å². The van der Waals surface area contributed by atoms with Crippen molar-refractivity contribution in [2.75, 3.05) is 20.0 Å².